The first-order valence-electron chi connectivity index (χ1n) is 7.09. The molecule has 0 saturated carbocycles. The normalized spacial score (nSPS) is 13.6. The minimum Gasteiger partial charge on any atom is -0.315 e. The van der Waals surface area contributed by atoms with Crippen LogP contribution in [0.5, 0.6) is 0 Å². The average molecular weight is 335 g/mol. The molecule has 0 aliphatic carbocycles. The van der Waals surface area contributed by atoms with Crippen molar-refractivity contribution >= 4 is 21.8 Å². The third-order valence-electron chi connectivity index (χ3n) is 3.11. The Morgan fingerprint density at radius 3 is 2.62 bits per heavy atom. The number of nitrogens with one attached hydrogen (secondary N) is 2. The summed E-state index contributed by atoms with van der Waals surface area (Å²) in [5.74, 6) is 0.742. The molecule has 0 aliphatic rings. The second-order valence-corrected chi connectivity index (χ2v) is 7.62. The van der Waals surface area contributed by atoms with E-state index in [9.17, 15) is 8.42 Å². The maximum absolute atomic E-state index is 12.5. The van der Waals surface area contributed by atoms with Gasteiger partial charge in [0.1, 0.15) is 4.90 Å². The Hall–Kier alpha value is -0.570. The number of hydrogen-bond donors (Lipinski definition) is 2. The Morgan fingerprint density at radius 1 is 1.38 bits per heavy atom. The van der Waals surface area contributed by atoms with Gasteiger partial charge in [0.05, 0.1) is 17.9 Å². The zero-order valence-corrected chi connectivity index (χ0v) is 15.1. The maximum atomic E-state index is 12.5. The lowest BCUT2D eigenvalue weighted by atomic mass is 10.4. The van der Waals surface area contributed by atoms with Gasteiger partial charge in [0, 0.05) is 18.3 Å². The summed E-state index contributed by atoms with van der Waals surface area (Å²) in [6, 6.07) is -0.103. The summed E-state index contributed by atoms with van der Waals surface area (Å²) >= 11 is 1.62. The van der Waals surface area contributed by atoms with Crippen LogP contribution in [-0.4, -0.2) is 49.3 Å². The van der Waals surface area contributed by atoms with Crippen molar-refractivity contribution in [3.05, 3.63) is 11.4 Å². The molecule has 8 heteroatoms. The van der Waals surface area contributed by atoms with Crippen molar-refractivity contribution in [1.29, 1.82) is 0 Å². The molecule has 0 spiro atoms. The number of likely N-dealkylation sites (N-methyl/N-ethyl adjacent to an activating group) is 1. The number of rotatable bonds is 9. The van der Waals surface area contributed by atoms with Crippen LogP contribution in [0.15, 0.2) is 4.90 Å². The van der Waals surface area contributed by atoms with Crippen LogP contribution >= 0.6 is 11.8 Å². The van der Waals surface area contributed by atoms with Gasteiger partial charge in [0.15, 0.2) is 0 Å². The van der Waals surface area contributed by atoms with Gasteiger partial charge >= 0.3 is 0 Å². The van der Waals surface area contributed by atoms with E-state index < -0.39 is 10.0 Å². The summed E-state index contributed by atoms with van der Waals surface area (Å²) < 4.78 is 29.5. The van der Waals surface area contributed by atoms with Gasteiger partial charge in [-0.05, 0) is 33.6 Å². The Kier molecular flexibility index (Phi) is 7.19. The average Bonchev–Trinajstić information content (AvgIpc) is 2.65. The van der Waals surface area contributed by atoms with Crippen LogP contribution in [0.1, 0.15) is 25.2 Å². The van der Waals surface area contributed by atoms with Gasteiger partial charge in [-0.1, -0.05) is 6.92 Å². The van der Waals surface area contributed by atoms with Crippen LogP contribution in [-0.2, 0) is 16.6 Å². The fourth-order valence-electron chi connectivity index (χ4n) is 2.26. The van der Waals surface area contributed by atoms with Crippen molar-refractivity contribution < 1.29 is 8.42 Å². The van der Waals surface area contributed by atoms with Gasteiger partial charge in [0.25, 0.3) is 0 Å². The largest absolute Gasteiger partial charge is 0.315 e. The number of thioether (sulfide) groups is 1. The lowest BCUT2D eigenvalue weighted by Gasteiger charge is -2.13. The van der Waals surface area contributed by atoms with E-state index >= 15 is 0 Å². The van der Waals surface area contributed by atoms with Crippen molar-refractivity contribution in [2.75, 3.05) is 25.1 Å². The quantitative estimate of drug-likeness (QED) is 0.662. The molecule has 6 nitrogen and oxygen atoms in total. The molecule has 1 heterocycles. The highest BCUT2D eigenvalue weighted by molar-refractivity contribution is 7.98. The number of hydrogen-bond acceptors (Lipinski definition) is 5. The first kappa shape index (κ1) is 18.5. The van der Waals surface area contributed by atoms with Crippen LogP contribution in [0.25, 0.3) is 0 Å². The molecule has 21 heavy (non-hydrogen) atoms. The number of aryl methyl sites for hydroxylation is 1. The molecule has 2 N–H and O–H groups in total. The van der Waals surface area contributed by atoms with Gasteiger partial charge in [-0.15, -0.1) is 0 Å². The summed E-state index contributed by atoms with van der Waals surface area (Å²) in [7, 11) is -3.52. The number of nitrogens with zero attached hydrogens (tertiary/aromatic N) is 2. The van der Waals surface area contributed by atoms with Crippen LogP contribution in [0.4, 0.5) is 0 Å². The van der Waals surface area contributed by atoms with Gasteiger partial charge in [-0.3, -0.25) is 4.68 Å². The van der Waals surface area contributed by atoms with Gasteiger partial charge in [-0.2, -0.15) is 16.9 Å². The highest BCUT2D eigenvalue weighted by Gasteiger charge is 2.25. The van der Waals surface area contributed by atoms with E-state index in [1.165, 1.54) is 0 Å². The van der Waals surface area contributed by atoms with E-state index in [-0.39, 0.29) is 6.04 Å². The van der Waals surface area contributed by atoms with Crippen LogP contribution in [0.3, 0.4) is 0 Å². The highest BCUT2D eigenvalue weighted by Crippen LogP contribution is 2.19. The maximum Gasteiger partial charge on any atom is 0.244 e. The molecule has 122 valence electrons. The van der Waals surface area contributed by atoms with Crippen molar-refractivity contribution in [3.8, 4) is 0 Å². The molecule has 0 aromatic carbocycles. The van der Waals surface area contributed by atoms with E-state index in [0.29, 0.717) is 22.8 Å². The first-order valence-corrected chi connectivity index (χ1v) is 9.97. The third kappa shape index (κ3) is 4.98. The Bertz CT molecular complexity index is 555. The standard InChI is InChI=1S/C13H26N4O2S2/c1-6-14-7-8-17-12(4)13(11(3)15-17)21(18,19)16-10(2)9-20-5/h10,14,16H,6-9H2,1-5H3. The van der Waals surface area contributed by atoms with Crippen LogP contribution < -0.4 is 10.0 Å². The molecule has 1 aromatic heterocycles. The van der Waals surface area contributed by atoms with E-state index in [4.69, 9.17) is 0 Å². The molecular formula is C13H26N4O2S2. The fraction of sp³-hybridized carbons (Fsp3) is 0.769. The van der Waals surface area contributed by atoms with E-state index in [2.05, 4.69) is 15.1 Å². The Balaban J connectivity index is 2.96. The van der Waals surface area contributed by atoms with E-state index in [0.717, 1.165) is 18.8 Å². The zero-order valence-electron chi connectivity index (χ0n) is 13.4. The third-order valence-corrected chi connectivity index (χ3v) is 5.78. The molecule has 0 fully saturated rings. The van der Waals surface area contributed by atoms with E-state index in [1.807, 2.05) is 20.1 Å². The molecule has 1 aromatic rings. The molecule has 1 unspecified atom stereocenters. The minimum absolute atomic E-state index is 0.103. The molecular weight excluding hydrogens is 308 g/mol. The van der Waals surface area contributed by atoms with Crippen molar-refractivity contribution in [1.82, 2.24) is 19.8 Å². The lowest BCUT2D eigenvalue weighted by Crippen LogP contribution is -2.34. The summed E-state index contributed by atoms with van der Waals surface area (Å²) in [6.45, 7) is 9.77. The van der Waals surface area contributed by atoms with Gasteiger partial charge in [-0.25, -0.2) is 13.1 Å². The molecule has 1 rings (SSSR count). The van der Waals surface area contributed by atoms with Gasteiger partial charge in [0.2, 0.25) is 10.0 Å². The highest BCUT2D eigenvalue weighted by atomic mass is 32.2. The number of sulfonamides is 1. The summed E-state index contributed by atoms with van der Waals surface area (Å²) in [5.41, 5.74) is 1.24. The fourth-order valence-corrected chi connectivity index (χ4v) is 4.60. The molecule has 0 radical (unpaired) electrons. The molecule has 0 aliphatic heterocycles. The van der Waals surface area contributed by atoms with Crippen molar-refractivity contribution in [3.63, 3.8) is 0 Å². The minimum atomic E-state index is -3.52. The first-order chi connectivity index (χ1) is 9.83. The van der Waals surface area contributed by atoms with Crippen LogP contribution in [0.2, 0.25) is 0 Å². The Labute approximate surface area is 132 Å². The second-order valence-electron chi connectivity index (χ2n) is 5.05. The topological polar surface area (TPSA) is 76.0 Å². The summed E-state index contributed by atoms with van der Waals surface area (Å²) in [5, 5.41) is 7.57. The monoisotopic (exact) mass is 334 g/mol. The van der Waals surface area contributed by atoms with Crippen molar-refractivity contribution in [2.24, 2.45) is 0 Å². The lowest BCUT2D eigenvalue weighted by molar-refractivity contribution is 0.548. The number of aromatic nitrogens is 2. The van der Waals surface area contributed by atoms with Gasteiger partial charge < -0.3 is 5.32 Å². The van der Waals surface area contributed by atoms with E-state index in [1.54, 1.807) is 30.3 Å². The smallest absolute Gasteiger partial charge is 0.244 e. The second kappa shape index (κ2) is 8.17. The SMILES string of the molecule is CCNCCn1nc(C)c(S(=O)(=O)NC(C)CSC)c1C. The molecule has 0 bridgehead atoms. The molecule has 0 saturated heterocycles. The predicted octanol–water partition coefficient (Wildman–Crippen LogP) is 1.14. The molecule has 1 atom stereocenters. The summed E-state index contributed by atoms with van der Waals surface area (Å²) in [4.78, 5) is 0.312. The predicted molar refractivity (Wildman–Crippen MR) is 88.4 cm³/mol. The van der Waals surface area contributed by atoms with Crippen molar-refractivity contribution in [2.45, 2.75) is 45.2 Å². The Morgan fingerprint density at radius 2 is 2.05 bits per heavy atom. The summed E-state index contributed by atoms with van der Waals surface area (Å²) in [6.07, 6.45) is 1.96. The zero-order chi connectivity index (χ0) is 16.0. The van der Waals surface area contributed by atoms with Crippen LogP contribution in [0, 0.1) is 13.8 Å². The molecule has 0 amide bonds.